The third-order valence-electron chi connectivity index (χ3n) is 2.22. The number of ether oxygens (including phenoxy) is 1. The van der Waals surface area contributed by atoms with Crippen LogP contribution in [0.25, 0.3) is 5.69 Å². The number of aromatic nitrogens is 2. The van der Waals surface area contributed by atoms with Gasteiger partial charge in [0.1, 0.15) is 5.75 Å². The predicted molar refractivity (Wildman–Crippen MR) is 85.9 cm³/mol. The first kappa shape index (κ1) is 18.7. The van der Waals surface area contributed by atoms with Crippen LogP contribution in [0.1, 0.15) is 44.5 Å². The Labute approximate surface area is 126 Å². The molecule has 0 aliphatic heterocycles. The number of rotatable bonds is 3. The van der Waals surface area contributed by atoms with Gasteiger partial charge in [-0.3, -0.25) is 4.79 Å². The van der Waals surface area contributed by atoms with Crippen LogP contribution in [0.4, 0.5) is 0 Å². The van der Waals surface area contributed by atoms with Gasteiger partial charge >= 0.3 is 0 Å². The summed E-state index contributed by atoms with van der Waals surface area (Å²) in [6.07, 6.45) is 4.73. The van der Waals surface area contributed by atoms with Gasteiger partial charge in [-0.25, -0.2) is 4.68 Å². The molecule has 0 bridgehead atoms. The van der Waals surface area contributed by atoms with Gasteiger partial charge in [-0.05, 0) is 18.2 Å². The molecule has 116 valence electrons. The highest BCUT2D eigenvalue weighted by molar-refractivity contribution is 5.95. The molecule has 2 N–H and O–H groups in total. The van der Waals surface area contributed by atoms with Crippen molar-refractivity contribution in [1.29, 1.82) is 0 Å². The number of methoxy groups -OCH3 is 1. The van der Waals surface area contributed by atoms with Crippen LogP contribution in [0, 0.1) is 0 Å². The van der Waals surface area contributed by atoms with Crippen LogP contribution in [0.3, 0.4) is 0 Å². The van der Waals surface area contributed by atoms with Crippen molar-refractivity contribution in [2.24, 2.45) is 5.73 Å². The average molecular weight is 291 g/mol. The SMILES string of the molecule is CC.CCC.COc1cc(-n2cccn2)ccc1C(N)=O. The lowest BCUT2D eigenvalue weighted by Crippen LogP contribution is -2.12. The van der Waals surface area contributed by atoms with E-state index in [2.05, 4.69) is 18.9 Å². The smallest absolute Gasteiger partial charge is 0.252 e. The molecule has 0 fully saturated rings. The van der Waals surface area contributed by atoms with Crippen molar-refractivity contribution in [2.75, 3.05) is 7.11 Å². The third kappa shape index (κ3) is 5.69. The minimum Gasteiger partial charge on any atom is -0.496 e. The molecule has 0 atom stereocenters. The highest BCUT2D eigenvalue weighted by Crippen LogP contribution is 2.21. The zero-order valence-corrected chi connectivity index (χ0v) is 13.5. The number of amides is 1. The fourth-order valence-electron chi connectivity index (χ4n) is 1.45. The molecule has 0 aliphatic rings. The maximum Gasteiger partial charge on any atom is 0.252 e. The summed E-state index contributed by atoms with van der Waals surface area (Å²) < 4.78 is 6.78. The fourth-order valence-corrected chi connectivity index (χ4v) is 1.45. The molecule has 2 rings (SSSR count). The van der Waals surface area contributed by atoms with E-state index in [1.54, 1.807) is 35.3 Å². The van der Waals surface area contributed by atoms with Crippen LogP contribution in [0.15, 0.2) is 36.7 Å². The van der Waals surface area contributed by atoms with Gasteiger partial charge in [0, 0.05) is 18.5 Å². The number of nitrogens with zero attached hydrogens (tertiary/aromatic N) is 2. The van der Waals surface area contributed by atoms with Crippen molar-refractivity contribution in [3.63, 3.8) is 0 Å². The molecule has 1 aromatic carbocycles. The Morgan fingerprint density at radius 2 is 1.95 bits per heavy atom. The van der Waals surface area contributed by atoms with Gasteiger partial charge in [-0.1, -0.05) is 34.1 Å². The zero-order chi connectivity index (χ0) is 16.3. The van der Waals surface area contributed by atoms with Crippen LogP contribution in [-0.2, 0) is 0 Å². The molecule has 2 aromatic rings. The first-order valence-corrected chi connectivity index (χ1v) is 7.11. The first-order chi connectivity index (χ1) is 10.1. The molecular weight excluding hydrogens is 266 g/mol. The molecule has 1 aromatic heterocycles. The number of hydrogen-bond acceptors (Lipinski definition) is 3. The Bertz CT molecular complexity index is 522. The summed E-state index contributed by atoms with van der Waals surface area (Å²) in [6, 6.07) is 6.91. The van der Waals surface area contributed by atoms with Crippen LogP contribution in [-0.4, -0.2) is 22.8 Å². The van der Waals surface area contributed by atoms with Crippen molar-refractivity contribution in [3.8, 4) is 11.4 Å². The molecule has 1 heterocycles. The van der Waals surface area contributed by atoms with E-state index in [9.17, 15) is 4.79 Å². The molecule has 5 nitrogen and oxygen atoms in total. The van der Waals surface area contributed by atoms with Gasteiger partial charge in [-0.2, -0.15) is 5.10 Å². The molecule has 5 heteroatoms. The second-order valence-corrected chi connectivity index (χ2v) is 3.91. The molecule has 1 amide bonds. The Morgan fingerprint density at radius 1 is 1.33 bits per heavy atom. The molecular formula is C16H25N3O2. The number of benzene rings is 1. The summed E-state index contributed by atoms with van der Waals surface area (Å²) in [5.41, 5.74) is 6.39. The second kappa shape index (κ2) is 10.5. The lowest BCUT2D eigenvalue weighted by Gasteiger charge is -2.08. The summed E-state index contributed by atoms with van der Waals surface area (Å²) in [5.74, 6) is -0.0654. The number of hydrogen-bond donors (Lipinski definition) is 1. The molecule has 0 saturated carbocycles. The Hall–Kier alpha value is -2.30. The molecule has 0 spiro atoms. The summed E-state index contributed by atoms with van der Waals surface area (Å²) in [7, 11) is 1.49. The van der Waals surface area contributed by atoms with Crippen molar-refractivity contribution < 1.29 is 9.53 Å². The lowest BCUT2D eigenvalue weighted by atomic mass is 10.1. The average Bonchev–Trinajstić information content (AvgIpc) is 3.03. The van der Waals surface area contributed by atoms with Crippen LogP contribution < -0.4 is 10.5 Å². The molecule has 0 radical (unpaired) electrons. The van der Waals surface area contributed by atoms with Crippen LogP contribution >= 0.6 is 0 Å². The summed E-state index contributed by atoms with van der Waals surface area (Å²) >= 11 is 0. The summed E-state index contributed by atoms with van der Waals surface area (Å²) in [4.78, 5) is 11.1. The monoisotopic (exact) mass is 291 g/mol. The standard InChI is InChI=1S/C11H11N3O2.C3H8.C2H6/c1-16-10-7-8(14-6-2-5-13-14)3-4-9(10)11(12)15;1-3-2;1-2/h2-7H,1H3,(H2,12,15);3H2,1-2H3;1-2H3. The Morgan fingerprint density at radius 3 is 2.38 bits per heavy atom. The van der Waals surface area contributed by atoms with E-state index in [1.807, 2.05) is 19.9 Å². The maximum absolute atomic E-state index is 11.1. The van der Waals surface area contributed by atoms with E-state index < -0.39 is 5.91 Å². The molecule has 0 saturated heterocycles. The quantitative estimate of drug-likeness (QED) is 0.942. The summed E-state index contributed by atoms with van der Waals surface area (Å²) in [6.45, 7) is 8.25. The fraction of sp³-hybridized carbons (Fsp3) is 0.375. The van der Waals surface area contributed by atoms with Crippen LogP contribution in [0.5, 0.6) is 5.75 Å². The normalized spacial score (nSPS) is 8.81. The van der Waals surface area contributed by atoms with Crippen molar-refractivity contribution in [2.45, 2.75) is 34.1 Å². The highest BCUT2D eigenvalue weighted by atomic mass is 16.5. The number of carbonyl (C=O) groups excluding carboxylic acids is 1. The van der Waals surface area contributed by atoms with Crippen molar-refractivity contribution in [3.05, 3.63) is 42.2 Å². The van der Waals surface area contributed by atoms with Crippen LogP contribution in [0.2, 0.25) is 0 Å². The number of nitrogens with two attached hydrogens (primary N) is 1. The van der Waals surface area contributed by atoms with E-state index in [-0.39, 0.29) is 0 Å². The van der Waals surface area contributed by atoms with E-state index in [4.69, 9.17) is 10.5 Å². The van der Waals surface area contributed by atoms with E-state index in [1.165, 1.54) is 13.5 Å². The van der Waals surface area contributed by atoms with Crippen molar-refractivity contribution in [1.82, 2.24) is 9.78 Å². The lowest BCUT2D eigenvalue weighted by molar-refractivity contribution is 0.0997. The van der Waals surface area contributed by atoms with E-state index in [0.717, 1.165) is 5.69 Å². The number of primary amides is 1. The van der Waals surface area contributed by atoms with Gasteiger partial charge in [-0.15, -0.1) is 0 Å². The molecule has 21 heavy (non-hydrogen) atoms. The first-order valence-electron chi connectivity index (χ1n) is 7.11. The topological polar surface area (TPSA) is 70.1 Å². The van der Waals surface area contributed by atoms with Gasteiger partial charge < -0.3 is 10.5 Å². The minimum absolute atomic E-state index is 0.360. The Balaban J connectivity index is 0.000000713. The predicted octanol–water partition coefficient (Wildman–Crippen LogP) is 3.42. The van der Waals surface area contributed by atoms with Gasteiger partial charge in [0.2, 0.25) is 0 Å². The maximum atomic E-state index is 11.1. The Kier molecular flexibility index (Phi) is 9.33. The van der Waals surface area contributed by atoms with Gasteiger partial charge in [0.25, 0.3) is 5.91 Å². The van der Waals surface area contributed by atoms with Gasteiger partial charge in [0.05, 0.1) is 18.4 Å². The van der Waals surface area contributed by atoms with Crippen molar-refractivity contribution >= 4 is 5.91 Å². The van der Waals surface area contributed by atoms with E-state index >= 15 is 0 Å². The largest absolute Gasteiger partial charge is 0.496 e. The van der Waals surface area contributed by atoms with Gasteiger partial charge in [0.15, 0.2) is 0 Å². The minimum atomic E-state index is -0.510. The molecule has 0 unspecified atom stereocenters. The molecule has 0 aliphatic carbocycles. The zero-order valence-electron chi connectivity index (χ0n) is 13.5. The van der Waals surface area contributed by atoms with E-state index in [0.29, 0.717) is 11.3 Å². The second-order valence-electron chi connectivity index (χ2n) is 3.91. The third-order valence-corrected chi connectivity index (χ3v) is 2.22. The summed E-state index contributed by atoms with van der Waals surface area (Å²) in [5, 5.41) is 4.08. The highest BCUT2D eigenvalue weighted by Gasteiger charge is 2.10. The number of carbonyl (C=O) groups is 1.